The van der Waals surface area contributed by atoms with E-state index < -0.39 is 6.04 Å². The number of hydrogen-bond acceptors (Lipinski definition) is 3. The van der Waals surface area contributed by atoms with E-state index in [4.69, 9.17) is 11.6 Å². The lowest BCUT2D eigenvalue weighted by molar-refractivity contribution is -0.147. The first-order valence-corrected chi connectivity index (χ1v) is 11.8. The molecule has 2 aromatic carbocycles. The molecule has 0 aromatic heterocycles. The largest absolute Gasteiger partial charge is 0.324 e. The summed E-state index contributed by atoms with van der Waals surface area (Å²) < 4.78 is 0.723. The number of nitrogens with one attached hydrogen (secondary N) is 1. The van der Waals surface area contributed by atoms with Crippen molar-refractivity contribution < 1.29 is 14.4 Å². The Morgan fingerprint density at radius 2 is 1.71 bits per heavy atom. The maximum atomic E-state index is 13.4. The smallest absolute Gasteiger partial charge is 0.248 e. The number of amides is 3. The summed E-state index contributed by atoms with van der Waals surface area (Å²) in [4.78, 5) is 41.4. The molecule has 31 heavy (non-hydrogen) atoms. The van der Waals surface area contributed by atoms with Crippen LogP contribution in [0.5, 0.6) is 0 Å². The van der Waals surface area contributed by atoms with Gasteiger partial charge in [0.2, 0.25) is 17.7 Å². The summed E-state index contributed by atoms with van der Waals surface area (Å²) in [7, 11) is 0. The number of imide groups is 1. The first-order chi connectivity index (χ1) is 14.9. The van der Waals surface area contributed by atoms with Crippen molar-refractivity contribution in [1.82, 2.24) is 4.90 Å². The highest BCUT2D eigenvalue weighted by molar-refractivity contribution is 9.10. The van der Waals surface area contributed by atoms with Crippen molar-refractivity contribution in [3.63, 3.8) is 0 Å². The lowest BCUT2D eigenvalue weighted by Gasteiger charge is -2.27. The van der Waals surface area contributed by atoms with Gasteiger partial charge in [-0.2, -0.15) is 0 Å². The van der Waals surface area contributed by atoms with Gasteiger partial charge in [0.25, 0.3) is 0 Å². The van der Waals surface area contributed by atoms with Gasteiger partial charge in [0, 0.05) is 16.6 Å². The lowest BCUT2D eigenvalue weighted by atomic mass is 9.81. The first-order valence-electron chi connectivity index (χ1n) is 10.6. The topological polar surface area (TPSA) is 66.5 Å². The summed E-state index contributed by atoms with van der Waals surface area (Å²) in [5.41, 5.74) is 1.42. The Morgan fingerprint density at radius 1 is 1.06 bits per heavy atom. The Bertz CT molecular complexity index is 1030. The average Bonchev–Trinajstić information content (AvgIpc) is 3.44. The standard InChI is InChI=1S/C24H22BrClN2O3/c25-17-9-8-16(12-18(17)26)27-22(29)19(10-13-4-2-1-3-5-13)28-23(30)20-14-6-7-15(11-14)21(20)24(28)31/h1-5,8-9,12,14-15,19-21H,6-7,10-11H2,(H,27,29). The number of likely N-dealkylation sites (tertiary alicyclic amines) is 1. The molecule has 160 valence electrons. The summed E-state index contributed by atoms with van der Waals surface area (Å²) in [5, 5.41) is 3.33. The normalized spacial score (nSPS) is 27.5. The summed E-state index contributed by atoms with van der Waals surface area (Å²) in [5.74, 6) is -0.668. The monoisotopic (exact) mass is 500 g/mol. The third-order valence-electron chi connectivity index (χ3n) is 7.03. The van der Waals surface area contributed by atoms with Gasteiger partial charge in [-0.3, -0.25) is 19.3 Å². The minimum absolute atomic E-state index is 0.174. The van der Waals surface area contributed by atoms with E-state index in [1.807, 2.05) is 30.3 Å². The molecule has 2 aliphatic carbocycles. The molecule has 7 heteroatoms. The van der Waals surface area contributed by atoms with Crippen LogP contribution in [-0.4, -0.2) is 28.7 Å². The van der Waals surface area contributed by atoms with Gasteiger partial charge in [-0.25, -0.2) is 0 Å². The molecule has 1 saturated heterocycles. The van der Waals surface area contributed by atoms with Crippen molar-refractivity contribution in [2.24, 2.45) is 23.7 Å². The van der Waals surface area contributed by atoms with Gasteiger partial charge in [-0.15, -0.1) is 0 Å². The van der Waals surface area contributed by atoms with Crippen LogP contribution in [0.1, 0.15) is 24.8 Å². The molecular weight excluding hydrogens is 480 g/mol. The number of carbonyl (C=O) groups excluding carboxylic acids is 3. The summed E-state index contributed by atoms with van der Waals surface area (Å²) >= 11 is 9.51. The van der Waals surface area contributed by atoms with Crippen molar-refractivity contribution in [2.45, 2.75) is 31.7 Å². The molecular formula is C24H22BrClN2O3. The molecule has 5 atom stereocenters. The molecule has 3 amide bonds. The molecule has 5 nitrogen and oxygen atoms in total. The van der Waals surface area contributed by atoms with Crippen LogP contribution in [-0.2, 0) is 20.8 Å². The van der Waals surface area contributed by atoms with Gasteiger partial charge in [-0.05, 0) is 70.8 Å². The zero-order valence-corrected chi connectivity index (χ0v) is 19.1. The molecule has 5 unspecified atom stereocenters. The van der Waals surface area contributed by atoms with Gasteiger partial charge < -0.3 is 5.32 Å². The van der Waals surface area contributed by atoms with Crippen molar-refractivity contribution >= 4 is 50.9 Å². The van der Waals surface area contributed by atoms with Gasteiger partial charge >= 0.3 is 0 Å². The fourth-order valence-electron chi connectivity index (χ4n) is 5.68. The molecule has 1 aliphatic heterocycles. The van der Waals surface area contributed by atoms with Crippen molar-refractivity contribution in [2.75, 3.05) is 5.32 Å². The third-order valence-corrected chi connectivity index (χ3v) is 8.27. The molecule has 0 radical (unpaired) electrons. The zero-order valence-electron chi connectivity index (χ0n) is 16.8. The number of nitrogens with zero attached hydrogens (tertiary/aromatic N) is 1. The molecule has 1 heterocycles. The van der Waals surface area contributed by atoms with E-state index in [0.717, 1.165) is 29.3 Å². The van der Waals surface area contributed by atoms with Gasteiger partial charge in [0.15, 0.2) is 0 Å². The van der Waals surface area contributed by atoms with Crippen molar-refractivity contribution in [1.29, 1.82) is 0 Å². The van der Waals surface area contributed by atoms with Crippen LogP contribution in [0.2, 0.25) is 5.02 Å². The second-order valence-corrected chi connectivity index (χ2v) is 10.0. The molecule has 1 N–H and O–H groups in total. The second-order valence-electron chi connectivity index (χ2n) is 8.75. The van der Waals surface area contributed by atoms with Crippen LogP contribution in [0.3, 0.4) is 0 Å². The van der Waals surface area contributed by atoms with E-state index in [0.29, 0.717) is 10.7 Å². The average molecular weight is 502 g/mol. The highest BCUT2D eigenvalue weighted by atomic mass is 79.9. The molecule has 2 saturated carbocycles. The molecule has 2 bridgehead atoms. The molecule has 3 aliphatic rings. The van der Waals surface area contributed by atoms with Crippen molar-refractivity contribution in [3.05, 3.63) is 63.6 Å². The zero-order chi connectivity index (χ0) is 21.7. The van der Waals surface area contributed by atoms with Crippen LogP contribution in [0.4, 0.5) is 5.69 Å². The van der Waals surface area contributed by atoms with Crippen LogP contribution >= 0.6 is 27.5 Å². The molecule has 0 spiro atoms. The van der Waals surface area contributed by atoms with E-state index in [1.165, 1.54) is 4.90 Å². The number of fused-ring (bicyclic) bond motifs is 5. The minimum atomic E-state index is -0.894. The second kappa shape index (κ2) is 8.06. The quantitative estimate of drug-likeness (QED) is 0.605. The summed E-state index contributed by atoms with van der Waals surface area (Å²) in [6.45, 7) is 0. The van der Waals surface area contributed by atoms with E-state index in [1.54, 1.807) is 18.2 Å². The van der Waals surface area contributed by atoms with Crippen molar-refractivity contribution in [3.8, 4) is 0 Å². The van der Waals surface area contributed by atoms with Crippen LogP contribution in [0, 0.1) is 23.7 Å². The Balaban J connectivity index is 1.45. The Labute approximate surface area is 194 Å². The van der Waals surface area contributed by atoms with Crippen LogP contribution in [0.25, 0.3) is 0 Å². The predicted octanol–water partition coefficient (Wildman–Crippen LogP) is 4.68. The summed E-state index contributed by atoms with van der Waals surface area (Å²) in [6, 6.07) is 13.7. The van der Waals surface area contributed by atoms with Gasteiger partial charge in [0.05, 0.1) is 16.9 Å². The Morgan fingerprint density at radius 3 is 2.32 bits per heavy atom. The molecule has 5 rings (SSSR count). The Kier molecular flexibility index (Phi) is 5.39. The lowest BCUT2D eigenvalue weighted by Crippen LogP contribution is -2.49. The summed E-state index contributed by atoms with van der Waals surface area (Å²) in [6.07, 6.45) is 3.26. The Hall–Kier alpha value is -2.18. The fourth-order valence-corrected chi connectivity index (χ4v) is 6.10. The van der Waals surface area contributed by atoms with Gasteiger partial charge in [-0.1, -0.05) is 41.9 Å². The highest BCUT2D eigenvalue weighted by Crippen LogP contribution is 2.56. The number of benzene rings is 2. The molecule has 3 fully saturated rings. The van der Waals surface area contributed by atoms with E-state index >= 15 is 0 Å². The fraction of sp³-hybridized carbons (Fsp3) is 0.375. The molecule has 2 aromatic rings. The SMILES string of the molecule is O=C(Nc1ccc(Br)c(Cl)c1)C(Cc1ccccc1)N1C(=O)C2C3CCC(C3)C2C1=O. The maximum absolute atomic E-state index is 13.4. The van der Waals surface area contributed by atoms with Crippen LogP contribution < -0.4 is 5.32 Å². The van der Waals surface area contributed by atoms with E-state index in [9.17, 15) is 14.4 Å². The first kappa shape index (κ1) is 20.7. The predicted molar refractivity (Wildman–Crippen MR) is 121 cm³/mol. The maximum Gasteiger partial charge on any atom is 0.248 e. The number of anilines is 1. The van der Waals surface area contributed by atoms with E-state index in [2.05, 4.69) is 21.2 Å². The van der Waals surface area contributed by atoms with Gasteiger partial charge in [0.1, 0.15) is 6.04 Å². The minimum Gasteiger partial charge on any atom is -0.324 e. The highest BCUT2D eigenvalue weighted by Gasteiger charge is 2.62. The number of hydrogen-bond donors (Lipinski definition) is 1. The van der Waals surface area contributed by atoms with Crippen LogP contribution in [0.15, 0.2) is 53.0 Å². The van der Waals surface area contributed by atoms with E-state index in [-0.39, 0.29) is 47.8 Å². The third kappa shape index (κ3) is 3.60. The number of halogens is 2. The number of rotatable bonds is 5. The number of carbonyl (C=O) groups is 3.